The number of nitrogens with two attached hydrogens (primary N) is 1. The summed E-state index contributed by atoms with van der Waals surface area (Å²) in [4.78, 5) is 22.7. The van der Waals surface area contributed by atoms with Crippen LogP contribution in [-0.4, -0.2) is 11.9 Å². The monoisotopic (exact) mass is 287 g/mol. The van der Waals surface area contributed by atoms with Gasteiger partial charge in [-0.3, -0.25) is 4.79 Å². The highest BCUT2D eigenvalue weighted by Crippen LogP contribution is 2.14. The third kappa shape index (κ3) is 4.04. The quantitative estimate of drug-likeness (QED) is 0.805. The number of hydrogen-bond donors (Lipinski definition) is 3. The lowest BCUT2D eigenvalue weighted by molar-refractivity contribution is 0.0996. The summed E-state index contributed by atoms with van der Waals surface area (Å²) in [6.07, 6.45) is 0. The van der Waals surface area contributed by atoms with Gasteiger partial charge in [0.25, 0.3) is 5.91 Å². The van der Waals surface area contributed by atoms with Gasteiger partial charge in [-0.25, -0.2) is 9.18 Å². The molecule has 0 heterocycles. The normalized spacial score (nSPS) is 9.95. The molecule has 5 nitrogen and oxygen atoms in total. The Hall–Kier alpha value is -2.89. The van der Waals surface area contributed by atoms with Crippen molar-refractivity contribution in [3.63, 3.8) is 0 Å². The van der Waals surface area contributed by atoms with E-state index in [0.717, 1.165) is 11.6 Å². The number of halogens is 1. The van der Waals surface area contributed by atoms with Gasteiger partial charge < -0.3 is 16.4 Å². The van der Waals surface area contributed by atoms with Gasteiger partial charge in [0, 0.05) is 12.2 Å². The molecule has 3 amide bonds. The Morgan fingerprint density at radius 1 is 1.10 bits per heavy atom. The number of nitrogens with one attached hydrogen (secondary N) is 2. The number of carbonyl (C=O) groups excluding carboxylic acids is 2. The van der Waals surface area contributed by atoms with Gasteiger partial charge in [-0.05, 0) is 23.8 Å². The van der Waals surface area contributed by atoms with Gasteiger partial charge >= 0.3 is 6.03 Å². The average molecular weight is 287 g/mol. The van der Waals surface area contributed by atoms with Crippen molar-refractivity contribution >= 4 is 17.6 Å². The molecular weight excluding hydrogens is 273 g/mol. The topological polar surface area (TPSA) is 84.2 Å². The Bertz CT molecular complexity index is 659. The molecule has 6 heteroatoms. The van der Waals surface area contributed by atoms with Crippen molar-refractivity contribution in [2.75, 3.05) is 5.32 Å². The van der Waals surface area contributed by atoms with Crippen LogP contribution in [0.15, 0.2) is 48.5 Å². The summed E-state index contributed by atoms with van der Waals surface area (Å²) in [6.45, 7) is 0.358. The lowest BCUT2D eigenvalue weighted by Crippen LogP contribution is -2.28. The van der Waals surface area contributed by atoms with Crippen molar-refractivity contribution in [1.29, 1.82) is 0 Å². The summed E-state index contributed by atoms with van der Waals surface area (Å²) in [5.74, 6) is -1.61. The van der Waals surface area contributed by atoms with E-state index in [1.165, 1.54) is 12.1 Å². The maximum atomic E-state index is 13.3. The molecule has 2 aromatic rings. The zero-order valence-corrected chi connectivity index (χ0v) is 11.1. The highest BCUT2D eigenvalue weighted by atomic mass is 19.1. The Morgan fingerprint density at radius 2 is 1.81 bits per heavy atom. The number of rotatable bonds is 4. The first-order valence-corrected chi connectivity index (χ1v) is 6.24. The number of amides is 3. The third-order valence-corrected chi connectivity index (χ3v) is 2.79. The van der Waals surface area contributed by atoms with E-state index >= 15 is 0 Å². The number of carbonyl (C=O) groups is 2. The van der Waals surface area contributed by atoms with Crippen molar-refractivity contribution in [3.8, 4) is 0 Å². The van der Waals surface area contributed by atoms with Gasteiger partial charge in [0.05, 0.1) is 5.56 Å². The fraction of sp³-hybridized carbons (Fsp3) is 0.0667. The molecule has 0 bridgehead atoms. The molecule has 21 heavy (non-hydrogen) atoms. The van der Waals surface area contributed by atoms with E-state index in [4.69, 9.17) is 5.73 Å². The molecule has 0 aromatic heterocycles. The zero-order chi connectivity index (χ0) is 15.2. The number of urea groups is 1. The minimum absolute atomic E-state index is 0.268. The van der Waals surface area contributed by atoms with Crippen LogP contribution in [0, 0.1) is 5.82 Å². The summed E-state index contributed by atoms with van der Waals surface area (Å²) in [5.41, 5.74) is 6.01. The lowest BCUT2D eigenvalue weighted by Gasteiger charge is -2.09. The van der Waals surface area contributed by atoms with Crippen LogP contribution >= 0.6 is 0 Å². The first-order valence-electron chi connectivity index (χ1n) is 6.24. The van der Waals surface area contributed by atoms with Gasteiger partial charge in [0.2, 0.25) is 0 Å². The predicted octanol–water partition coefficient (Wildman–Crippen LogP) is 2.25. The van der Waals surface area contributed by atoms with Crippen LogP contribution in [0.2, 0.25) is 0 Å². The van der Waals surface area contributed by atoms with Crippen LogP contribution in [-0.2, 0) is 6.54 Å². The second kappa shape index (κ2) is 6.51. The Kier molecular flexibility index (Phi) is 4.50. The van der Waals surface area contributed by atoms with E-state index in [1.807, 2.05) is 30.3 Å². The lowest BCUT2D eigenvalue weighted by atomic mass is 10.2. The molecule has 0 aliphatic rings. The van der Waals surface area contributed by atoms with E-state index in [9.17, 15) is 14.0 Å². The fourth-order valence-electron chi connectivity index (χ4n) is 1.75. The second-order valence-electron chi connectivity index (χ2n) is 4.35. The van der Waals surface area contributed by atoms with Crippen LogP contribution in [0.25, 0.3) is 0 Å². The largest absolute Gasteiger partial charge is 0.366 e. The number of benzene rings is 2. The first kappa shape index (κ1) is 14.5. The van der Waals surface area contributed by atoms with E-state index in [2.05, 4.69) is 10.6 Å². The summed E-state index contributed by atoms with van der Waals surface area (Å²) < 4.78 is 13.3. The summed E-state index contributed by atoms with van der Waals surface area (Å²) in [5, 5.41) is 5.16. The van der Waals surface area contributed by atoms with Gasteiger partial charge in [-0.2, -0.15) is 0 Å². The van der Waals surface area contributed by atoms with Crippen LogP contribution < -0.4 is 16.4 Å². The van der Waals surface area contributed by atoms with Crippen LogP contribution in [0.1, 0.15) is 15.9 Å². The van der Waals surface area contributed by atoms with Gasteiger partial charge in [0.1, 0.15) is 5.82 Å². The van der Waals surface area contributed by atoms with Gasteiger partial charge in [-0.15, -0.1) is 0 Å². The average Bonchev–Trinajstić information content (AvgIpc) is 2.48. The summed E-state index contributed by atoms with van der Waals surface area (Å²) >= 11 is 0. The smallest absolute Gasteiger partial charge is 0.319 e. The Balaban J connectivity index is 1.97. The number of primary amides is 1. The van der Waals surface area contributed by atoms with Crippen molar-refractivity contribution in [1.82, 2.24) is 5.32 Å². The molecule has 0 spiro atoms. The highest BCUT2D eigenvalue weighted by molar-refractivity contribution is 5.96. The molecule has 0 saturated heterocycles. The SMILES string of the molecule is NC(=O)c1cc(NC(=O)NCc2ccccc2)ccc1F. The molecule has 2 rings (SSSR count). The van der Waals surface area contributed by atoms with Crippen molar-refractivity contribution < 1.29 is 14.0 Å². The number of anilines is 1. The maximum Gasteiger partial charge on any atom is 0.319 e. The summed E-state index contributed by atoms with van der Waals surface area (Å²) in [6, 6.07) is 12.5. The Labute approximate surface area is 121 Å². The molecular formula is C15H14FN3O2. The van der Waals surface area contributed by atoms with Crippen molar-refractivity contribution in [2.45, 2.75) is 6.54 Å². The van der Waals surface area contributed by atoms with Crippen molar-refractivity contribution in [3.05, 3.63) is 65.5 Å². The summed E-state index contributed by atoms with van der Waals surface area (Å²) in [7, 11) is 0. The van der Waals surface area contributed by atoms with Gasteiger partial charge in [-0.1, -0.05) is 30.3 Å². The molecule has 0 saturated carbocycles. The van der Waals surface area contributed by atoms with E-state index < -0.39 is 17.8 Å². The molecule has 0 atom stereocenters. The standard InChI is InChI=1S/C15H14FN3O2/c16-13-7-6-11(8-12(13)14(17)20)19-15(21)18-9-10-4-2-1-3-5-10/h1-8H,9H2,(H2,17,20)(H2,18,19,21). The second-order valence-corrected chi connectivity index (χ2v) is 4.35. The minimum atomic E-state index is -0.888. The van der Waals surface area contributed by atoms with Crippen LogP contribution in [0.4, 0.5) is 14.9 Å². The van der Waals surface area contributed by atoms with E-state index in [0.29, 0.717) is 6.54 Å². The van der Waals surface area contributed by atoms with Gasteiger partial charge in [0.15, 0.2) is 0 Å². The van der Waals surface area contributed by atoms with Crippen molar-refractivity contribution in [2.24, 2.45) is 5.73 Å². The van der Waals surface area contributed by atoms with Crippen LogP contribution in [0.3, 0.4) is 0 Å². The molecule has 2 aromatic carbocycles. The van der Waals surface area contributed by atoms with E-state index in [-0.39, 0.29) is 11.3 Å². The molecule has 0 radical (unpaired) electrons. The highest BCUT2D eigenvalue weighted by Gasteiger charge is 2.10. The first-order chi connectivity index (χ1) is 10.1. The maximum absolute atomic E-state index is 13.3. The molecule has 0 fully saturated rings. The third-order valence-electron chi connectivity index (χ3n) is 2.79. The predicted molar refractivity (Wildman–Crippen MR) is 77.2 cm³/mol. The molecule has 4 N–H and O–H groups in total. The fourth-order valence-corrected chi connectivity index (χ4v) is 1.75. The molecule has 108 valence electrons. The number of hydrogen-bond acceptors (Lipinski definition) is 2. The molecule has 0 unspecified atom stereocenters. The Morgan fingerprint density at radius 3 is 2.48 bits per heavy atom. The van der Waals surface area contributed by atoms with Crippen LogP contribution in [0.5, 0.6) is 0 Å². The molecule has 0 aliphatic heterocycles. The minimum Gasteiger partial charge on any atom is -0.366 e. The van der Waals surface area contributed by atoms with E-state index in [1.54, 1.807) is 0 Å². The zero-order valence-electron chi connectivity index (χ0n) is 11.1. The molecule has 0 aliphatic carbocycles.